The van der Waals surface area contributed by atoms with Crippen molar-refractivity contribution >= 4 is 52.6 Å². The highest BCUT2D eigenvalue weighted by Crippen LogP contribution is 2.50. The number of fused-ring (bicyclic) bond motifs is 6. The summed E-state index contributed by atoms with van der Waals surface area (Å²) in [5.41, 5.74) is 47.3. The maximum Gasteiger partial charge on any atom is 0.270 e. The van der Waals surface area contributed by atoms with Gasteiger partial charge in [0.2, 0.25) is 11.6 Å². The van der Waals surface area contributed by atoms with E-state index in [4.69, 9.17) is 41.1 Å². The quantitative estimate of drug-likeness (QED) is 0.0391. The Morgan fingerprint density at radius 2 is 0.507 bits per heavy atom. The van der Waals surface area contributed by atoms with Gasteiger partial charge >= 0.3 is 0 Å². The van der Waals surface area contributed by atoms with Gasteiger partial charge < -0.3 is 23.0 Å². The molecule has 702 valence electrons. The number of nitrogens with zero attached hydrogens (tertiary/aromatic N) is 6. The van der Waals surface area contributed by atoms with Gasteiger partial charge in [-0.1, -0.05) is 394 Å². The molecule has 4 aliphatic carbocycles. The fourth-order valence-corrected chi connectivity index (χ4v) is 21.0. The predicted octanol–water partition coefficient (Wildman–Crippen LogP) is 25.1. The first-order valence-corrected chi connectivity index (χ1v) is 49.7. The Morgan fingerprint density at radius 3 is 0.801 bits per heavy atom. The monoisotopic (exact) mass is 1900 g/mol. The molecule has 0 spiro atoms. The largest absolute Gasteiger partial charge is 1.00 e. The summed E-state index contributed by atoms with van der Waals surface area (Å²) in [6.45, 7) is 0. The van der Waals surface area contributed by atoms with Gasteiger partial charge in [-0.25, -0.2) is 19.9 Å². The molecule has 19 aromatic rings. The number of aromatic nitrogens is 4. The van der Waals surface area contributed by atoms with Crippen LogP contribution in [-0.4, -0.2) is 49.0 Å². The van der Waals surface area contributed by atoms with Crippen molar-refractivity contribution in [3.05, 3.63) is 561 Å². The molecule has 6 aliphatic rings. The number of Topliss-reactive ketones (excluding diaryl/α,β-unsaturated/α-hetero) is 2. The molecule has 6 heterocycles. The molecule has 0 saturated carbocycles. The average Bonchev–Trinajstić information content (AvgIpc) is 0.794. The van der Waals surface area contributed by atoms with Crippen molar-refractivity contribution in [1.29, 1.82) is 0 Å². The molecule has 0 fully saturated rings. The fourth-order valence-electron chi connectivity index (χ4n) is 21.0. The van der Waals surface area contributed by atoms with Crippen molar-refractivity contribution in [2.75, 3.05) is 0 Å². The second-order valence-corrected chi connectivity index (χ2v) is 37.3. The minimum absolute atomic E-state index is 0. The second kappa shape index (κ2) is 42.0. The number of carbonyl (C=O) groups is 2. The van der Waals surface area contributed by atoms with E-state index < -0.39 is 0 Å². The summed E-state index contributed by atoms with van der Waals surface area (Å²) in [6, 6.07) is 157. The number of hydrogen-bond acceptors (Lipinski definition) is 10. The van der Waals surface area contributed by atoms with Gasteiger partial charge in [0, 0.05) is 44.5 Å². The molecule has 2 atom stereocenters. The molecule has 13 heteroatoms. The van der Waals surface area contributed by atoms with Crippen LogP contribution in [-0.2, 0) is 25.7 Å². The maximum absolute atomic E-state index is 14.3. The Hall–Kier alpha value is -18.1. The zero-order valence-corrected chi connectivity index (χ0v) is 81.1. The summed E-state index contributed by atoms with van der Waals surface area (Å²) in [5.74, 6) is 2.01. The number of halogens is 1. The minimum atomic E-state index is -0.225. The number of ketones is 2. The molecule has 6 N–H and O–H groups in total. The molecule has 0 saturated heterocycles. The zero-order valence-electron chi connectivity index (χ0n) is 80.3. The Balaban J connectivity index is 0.000000155. The highest BCUT2D eigenvalue weighted by atomic mass is 35.5. The van der Waals surface area contributed by atoms with Crippen molar-refractivity contribution in [2.24, 2.45) is 15.7 Å². The molecule has 2 aliphatic heterocycles. The molecule has 2 unspecified atom stereocenters. The number of benzene rings is 15. The third-order valence-corrected chi connectivity index (χ3v) is 28.2. The number of aliphatic imine (C=N–C) groups is 2. The molecular weight excluding hydrogens is 1800 g/mol. The van der Waals surface area contributed by atoms with E-state index in [1.807, 2.05) is 164 Å². The van der Waals surface area contributed by atoms with Crippen LogP contribution in [0.5, 0.6) is 0 Å². The van der Waals surface area contributed by atoms with Gasteiger partial charge in [-0.15, -0.1) is 0 Å². The van der Waals surface area contributed by atoms with Crippen molar-refractivity contribution < 1.29 is 27.4 Å². The van der Waals surface area contributed by atoms with Gasteiger partial charge in [0.15, 0.2) is 0 Å². The number of allylic oxidation sites excluding steroid dienone is 2. The Bertz CT molecular complexity index is 7900. The molecule has 15 aromatic carbocycles. The predicted molar refractivity (Wildman–Crippen MR) is 590 cm³/mol. The lowest BCUT2D eigenvalue weighted by molar-refractivity contribution is -0.114. The Morgan fingerprint density at radius 1 is 0.260 bits per heavy atom. The summed E-state index contributed by atoms with van der Waals surface area (Å²) in [7, 11) is 0. The van der Waals surface area contributed by atoms with Gasteiger partial charge in [-0.05, 0) is 247 Å². The lowest BCUT2D eigenvalue weighted by Gasteiger charge is -2.34. The normalized spacial score (nSPS) is 15.2. The van der Waals surface area contributed by atoms with Crippen molar-refractivity contribution in [1.82, 2.24) is 30.6 Å². The minimum Gasteiger partial charge on any atom is -1.00 e. The van der Waals surface area contributed by atoms with Crippen LogP contribution in [0.15, 0.2) is 487 Å². The Kier molecular flexibility index (Phi) is 26.7. The molecular formula is C133H101ClN10O2. The first kappa shape index (κ1) is 92.9. The first-order valence-electron chi connectivity index (χ1n) is 49.7. The van der Waals surface area contributed by atoms with E-state index in [0.717, 1.165) is 224 Å². The van der Waals surface area contributed by atoms with Crippen molar-refractivity contribution in [2.45, 2.75) is 63.5 Å². The number of nitrogens with one attached hydrogen (secondary N) is 2. The molecule has 0 radical (unpaired) electrons. The molecule has 146 heavy (non-hydrogen) atoms. The van der Waals surface area contributed by atoms with Crippen molar-refractivity contribution in [3.8, 4) is 112 Å². The van der Waals surface area contributed by atoms with E-state index in [1.165, 1.54) is 44.5 Å². The second-order valence-electron chi connectivity index (χ2n) is 37.3. The zero-order chi connectivity index (χ0) is 97.5. The van der Waals surface area contributed by atoms with E-state index in [0.29, 0.717) is 30.1 Å². The number of nitrogens with two attached hydrogens (primary N) is 2. The highest BCUT2D eigenvalue weighted by Gasteiger charge is 2.38. The molecule has 25 rings (SSSR count). The van der Waals surface area contributed by atoms with Crippen LogP contribution in [0.2, 0.25) is 0 Å². The van der Waals surface area contributed by atoms with Gasteiger partial charge in [0.05, 0.1) is 51.1 Å². The number of carbonyl (C=O) groups excluding carboxylic acids is 2. The van der Waals surface area contributed by atoms with E-state index in [9.17, 15) is 9.59 Å². The van der Waals surface area contributed by atoms with Gasteiger partial charge in [-0.3, -0.25) is 30.7 Å². The third-order valence-electron chi connectivity index (χ3n) is 28.2. The van der Waals surface area contributed by atoms with Crippen LogP contribution < -0.4 is 34.2 Å². The average molecular weight is 1910 g/mol. The summed E-state index contributed by atoms with van der Waals surface area (Å²) < 4.78 is 0. The van der Waals surface area contributed by atoms with E-state index >= 15 is 0 Å². The maximum atomic E-state index is 14.3. The van der Waals surface area contributed by atoms with Gasteiger partial charge in [0.25, 0.3) is 5.84 Å². The molecule has 0 bridgehead atoms. The first-order chi connectivity index (χ1) is 71.5. The molecule has 12 nitrogen and oxygen atoms in total. The van der Waals surface area contributed by atoms with Crippen LogP contribution in [0, 0.1) is 0 Å². The fraction of sp³-hybridized carbons (Fsp3) is 0.0752. The van der Waals surface area contributed by atoms with Crippen LogP contribution in [0.4, 0.5) is 0 Å². The van der Waals surface area contributed by atoms with Crippen LogP contribution in [0.3, 0.4) is 0 Å². The van der Waals surface area contributed by atoms with E-state index in [-0.39, 0.29) is 36.1 Å². The van der Waals surface area contributed by atoms with Crippen molar-refractivity contribution in [3.63, 3.8) is 0 Å². The molecule has 4 aromatic heterocycles. The van der Waals surface area contributed by atoms with Crippen LogP contribution >= 0.6 is 0 Å². The number of rotatable bonds is 17. The van der Waals surface area contributed by atoms with Gasteiger partial charge in [0.1, 0.15) is 35.1 Å². The standard InChI is InChI=1S/C70H52N6.C56H40N2O2.C7H8N2.ClH/c1-7-21-45(22-8-1)59-43-61(47-25-11-3-12-26-47)71-65-55(59)37-39-57-63(73-69(75-67(57)65)49-29-15-5-16-30-49)53-35-19-33-51(41-53)52-34-20-36-54(42-52)64-58-40-38-56-60(46-23-9-2-10-24-46)44-62(48-27-13-4-14-28-48)72-66(56)68(58)76-70(74-64)50-31-17-6-18-32-50;59-55-45(27-29-47-49(39-17-5-1-6-18-39)35-51(57-53(47)55)41-21-9-3-10-22-41)33-37-15-13-25-43(31-37)44-26-14-16-38(32-44)34-46-28-30-48-50(40-19-7-2-8-20-40)36-52(58-54(48)56(46)60)42-23-11-4-12-24-42;8-7(9)6-4-2-1-3-5-6;/h1-36,41-44,63-64H,37-40H2,(H,73,75)(H,74,76);1-26,31-36H,27-30H2;1-5H,(H3,8,9);1H/b;45-33+,46-34+;;. The molecule has 0 amide bonds. The number of hydrogen-bond donors (Lipinski definition) is 4. The van der Waals surface area contributed by atoms with Gasteiger partial charge in [-0.2, -0.15) is 0 Å². The lowest BCUT2D eigenvalue weighted by Crippen LogP contribution is -3.00. The summed E-state index contributed by atoms with van der Waals surface area (Å²) >= 11 is 0. The number of amidine groups is 3. The SMILES string of the molecule is NC(=[NH2+])c1ccccc1.O=C1/C(=C/c2cccc(-c3cccc(/C=C4\CCc5c(-c6ccccc6)cc(-c6ccccc6)nc5C4=O)c3)c2)CCc2c(-c3ccccc3)cc(-c3ccccc3)nc21.[Cl-].c1ccc(C2=NC(c3cccc(-c4cccc(C5N=C(c6ccccc6)NC6=C5CCc5c(-c7ccccc7)cc(-c7ccccc7)nc56)c4)c3)C3=C(N2)c2nc(-c4ccccc4)cc(-c4ccccc4)c2CC3)cc1. The number of pyridine rings is 4. The van der Waals surface area contributed by atoms with E-state index in [1.54, 1.807) is 0 Å². The smallest absolute Gasteiger partial charge is 0.270 e. The Labute approximate surface area is 856 Å². The third kappa shape index (κ3) is 19.4. The summed E-state index contributed by atoms with van der Waals surface area (Å²) in [5, 5.41) is 13.1. The topological polar surface area (TPSA) is 186 Å². The van der Waals surface area contributed by atoms with Crippen LogP contribution in [0.1, 0.15) is 131 Å². The van der Waals surface area contributed by atoms with E-state index in [2.05, 4.69) is 314 Å². The summed E-state index contributed by atoms with van der Waals surface area (Å²) in [4.78, 5) is 60.8. The van der Waals surface area contributed by atoms with Crippen LogP contribution in [0.25, 0.3) is 135 Å². The highest BCUT2D eigenvalue weighted by molar-refractivity contribution is 6.15. The lowest BCUT2D eigenvalue weighted by atomic mass is 9.81. The summed E-state index contributed by atoms with van der Waals surface area (Å²) in [6.07, 6.45) is 10.2.